The van der Waals surface area contributed by atoms with E-state index in [1.165, 1.54) is 4.68 Å². The third-order valence-corrected chi connectivity index (χ3v) is 4.83. The van der Waals surface area contributed by atoms with Gasteiger partial charge < -0.3 is 5.32 Å². The third-order valence-electron chi connectivity index (χ3n) is 4.83. The van der Waals surface area contributed by atoms with E-state index in [0.717, 1.165) is 17.8 Å². The van der Waals surface area contributed by atoms with Gasteiger partial charge in [-0.25, -0.2) is 9.36 Å². The summed E-state index contributed by atoms with van der Waals surface area (Å²) in [5.74, 6) is -0.233. The lowest BCUT2D eigenvalue weighted by atomic mass is 10.0. The molecular formula is C20H25N5O2. The van der Waals surface area contributed by atoms with Crippen LogP contribution in [0.4, 0.5) is 0 Å². The van der Waals surface area contributed by atoms with Gasteiger partial charge >= 0.3 is 0 Å². The van der Waals surface area contributed by atoms with Crippen molar-refractivity contribution in [2.75, 3.05) is 0 Å². The Bertz CT molecular complexity index is 1050. The lowest BCUT2D eigenvalue weighted by Crippen LogP contribution is -2.45. The van der Waals surface area contributed by atoms with Gasteiger partial charge in [-0.2, -0.15) is 10.2 Å². The SMILES string of the molecule is CCC(C)(C)NC(=O)Cn1nc(C)c2nn(-c3ccccc3)c(C)c2c1=O. The average Bonchev–Trinajstić information content (AvgIpc) is 2.98. The molecule has 0 aliphatic heterocycles. The van der Waals surface area contributed by atoms with Crippen LogP contribution in [0, 0.1) is 13.8 Å². The predicted octanol–water partition coefficient (Wildman–Crippen LogP) is 2.50. The Labute approximate surface area is 158 Å². The number of benzene rings is 1. The maximum atomic E-state index is 13.0. The van der Waals surface area contributed by atoms with Crippen molar-refractivity contribution in [2.45, 2.75) is 53.1 Å². The predicted molar refractivity (Wildman–Crippen MR) is 105 cm³/mol. The van der Waals surface area contributed by atoms with E-state index >= 15 is 0 Å². The minimum absolute atomic E-state index is 0.116. The zero-order valence-electron chi connectivity index (χ0n) is 16.4. The number of nitrogens with zero attached hydrogens (tertiary/aromatic N) is 4. The summed E-state index contributed by atoms with van der Waals surface area (Å²) in [6.45, 7) is 9.44. The molecule has 7 nitrogen and oxygen atoms in total. The quantitative estimate of drug-likeness (QED) is 0.751. The van der Waals surface area contributed by atoms with Crippen molar-refractivity contribution >= 4 is 16.8 Å². The van der Waals surface area contributed by atoms with Crippen LogP contribution in [0.5, 0.6) is 0 Å². The lowest BCUT2D eigenvalue weighted by Gasteiger charge is -2.24. The van der Waals surface area contributed by atoms with Crippen LogP contribution in [-0.2, 0) is 11.3 Å². The molecule has 0 radical (unpaired) electrons. The van der Waals surface area contributed by atoms with E-state index in [4.69, 9.17) is 0 Å². The van der Waals surface area contributed by atoms with Gasteiger partial charge in [0.15, 0.2) is 0 Å². The number of carbonyl (C=O) groups is 1. The Morgan fingerprint density at radius 1 is 1.15 bits per heavy atom. The van der Waals surface area contributed by atoms with E-state index in [2.05, 4.69) is 15.5 Å². The molecule has 2 heterocycles. The number of nitrogens with one attached hydrogen (secondary N) is 1. The zero-order chi connectivity index (χ0) is 19.8. The van der Waals surface area contributed by atoms with E-state index in [9.17, 15) is 9.59 Å². The molecule has 2 aromatic heterocycles. The molecule has 3 aromatic rings. The molecule has 142 valence electrons. The second kappa shape index (κ2) is 6.98. The minimum Gasteiger partial charge on any atom is -0.350 e. The molecule has 3 rings (SSSR count). The van der Waals surface area contributed by atoms with E-state index < -0.39 is 0 Å². The van der Waals surface area contributed by atoms with E-state index in [-0.39, 0.29) is 23.6 Å². The molecule has 0 saturated heterocycles. The van der Waals surface area contributed by atoms with Crippen molar-refractivity contribution in [1.29, 1.82) is 0 Å². The molecule has 1 amide bonds. The largest absolute Gasteiger partial charge is 0.350 e. The summed E-state index contributed by atoms with van der Waals surface area (Å²) in [7, 11) is 0. The maximum Gasteiger partial charge on any atom is 0.278 e. The number of aromatic nitrogens is 4. The Hall–Kier alpha value is -2.96. The fourth-order valence-electron chi connectivity index (χ4n) is 2.98. The van der Waals surface area contributed by atoms with Crippen LogP contribution < -0.4 is 10.9 Å². The highest BCUT2D eigenvalue weighted by atomic mass is 16.2. The monoisotopic (exact) mass is 367 g/mol. The summed E-state index contributed by atoms with van der Waals surface area (Å²) in [5.41, 5.74) is 2.15. The summed E-state index contributed by atoms with van der Waals surface area (Å²) in [4.78, 5) is 25.4. The summed E-state index contributed by atoms with van der Waals surface area (Å²) < 4.78 is 2.97. The number of carbonyl (C=O) groups excluding carboxylic acids is 1. The second-order valence-corrected chi connectivity index (χ2v) is 7.39. The van der Waals surface area contributed by atoms with Crippen LogP contribution in [0.25, 0.3) is 16.6 Å². The summed E-state index contributed by atoms with van der Waals surface area (Å²) in [6, 6.07) is 9.63. The number of aryl methyl sites for hydroxylation is 2. The van der Waals surface area contributed by atoms with Crippen molar-refractivity contribution in [2.24, 2.45) is 0 Å². The van der Waals surface area contributed by atoms with Crippen molar-refractivity contribution in [3.8, 4) is 5.69 Å². The number of hydrogen-bond acceptors (Lipinski definition) is 4. The van der Waals surface area contributed by atoms with Crippen LogP contribution >= 0.6 is 0 Å². The molecule has 0 atom stereocenters. The highest BCUT2D eigenvalue weighted by molar-refractivity contribution is 5.83. The highest BCUT2D eigenvalue weighted by Crippen LogP contribution is 2.19. The Morgan fingerprint density at radius 2 is 1.81 bits per heavy atom. The first-order valence-corrected chi connectivity index (χ1v) is 9.07. The molecule has 0 aliphatic carbocycles. The fourth-order valence-corrected chi connectivity index (χ4v) is 2.98. The van der Waals surface area contributed by atoms with Crippen molar-refractivity contribution in [1.82, 2.24) is 24.9 Å². The smallest absolute Gasteiger partial charge is 0.278 e. The van der Waals surface area contributed by atoms with Gasteiger partial charge in [-0.15, -0.1) is 0 Å². The van der Waals surface area contributed by atoms with Crippen LogP contribution in [0.1, 0.15) is 38.6 Å². The lowest BCUT2D eigenvalue weighted by molar-refractivity contribution is -0.123. The number of rotatable bonds is 5. The van der Waals surface area contributed by atoms with Gasteiger partial charge in [0.2, 0.25) is 5.91 Å². The van der Waals surface area contributed by atoms with Crippen molar-refractivity contribution < 1.29 is 4.79 Å². The third kappa shape index (κ3) is 3.63. The first-order chi connectivity index (χ1) is 12.7. The number of hydrogen-bond donors (Lipinski definition) is 1. The van der Waals surface area contributed by atoms with Crippen LogP contribution in [0.3, 0.4) is 0 Å². The molecule has 0 saturated carbocycles. The van der Waals surface area contributed by atoms with E-state index in [1.807, 2.05) is 58.0 Å². The number of fused-ring (bicyclic) bond motifs is 1. The topological polar surface area (TPSA) is 81.8 Å². The fraction of sp³-hybridized carbons (Fsp3) is 0.400. The van der Waals surface area contributed by atoms with Gasteiger partial charge in [0.1, 0.15) is 12.1 Å². The standard InChI is InChI=1S/C20H25N5O2/c1-6-20(4,5)21-16(26)12-24-19(27)17-14(3)25(15-10-8-7-9-11-15)23-18(17)13(2)22-24/h7-11H,6,12H2,1-5H3,(H,21,26). The van der Waals surface area contributed by atoms with Gasteiger partial charge in [0.25, 0.3) is 5.56 Å². The average molecular weight is 367 g/mol. The molecular weight excluding hydrogens is 342 g/mol. The van der Waals surface area contributed by atoms with Gasteiger partial charge in [-0.05, 0) is 46.2 Å². The van der Waals surface area contributed by atoms with Crippen molar-refractivity contribution in [3.05, 3.63) is 52.1 Å². The maximum absolute atomic E-state index is 13.0. The van der Waals surface area contributed by atoms with Gasteiger partial charge in [-0.3, -0.25) is 9.59 Å². The highest BCUT2D eigenvalue weighted by Gasteiger charge is 2.21. The molecule has 1 N–H and O–H groups in total. The van der Waals surface area contributed by atoms with E-state index in [0.29, 0.717) is 16.6 Å². The minimum atomic E-state index is -0.325. The molecule has 0 bridgehead atoms. The Balaban J connectivity index is 2.05. The number of para-hydroxylation sites is 1. The first-order valence-electron chi connectivity index (χ1n) is 9.07. The normalized spacial score (nSPS) is 11.7. The van der Waals surface area contributed by atoms with Crippen LogP contribution in [0.15, 0.2) is 35.1 Å². The molecule has 0 fully saturated rings. The van der Waals surface area contributed by atoms with Gasteiger partial charge in [0.05, 0.1) is 22.5 Å². The zero-order valence-corrected chi connectivity index (χ0v) is 16.4. The second-order valence-electron chi connectivity index (χ2n) is 7.39. The molecule has 1 aromatic carbocycles. The Morgan fingerprint density at radius 3 is 2.44 bits per heavy atom. The molecule has 0 spiro atoms. The molecule has 27 heavy (non-hydrogen) atoms. The van der Waals surface area contributed by atoms with Gasteiger partial charge in [-0.1, -0.05) is 25.1 Å². The summed E-state index contributed by atoms with van der Waals surface area (Å²) in [5, 5.41) is 12.3. The van der Waals surface area contributed by atoms with Crippen molar-refractivity contribution in [3.63, 3.8) is 0 Å². The molecule has 0 aliphatic rings. The van der Waals surface area contributed by atoms with E-state index in [1.54, 1.807) is 11.6 Å². The summed E-state index contributed by atoms with van der Waals surface area (Å²) >= 11 is 0. The first kappa shape index (κ1) is 18.8. The Kier molecular flexibility index (Phi) is 4.87. The van der Waals surface area contributed by atoms with Gasteiger partial charge in [0, 0.05) is 5.54 Å². The van der Waals surface area contributed by atoms with Crippen LogP contribution in [0.2, 0.25) is 0 Å². The molecule has 0 unspecified atom stereocenters. The molecule has 7 heteroatoms. The number of amides is 1. The van der Waals surface area contributed by atoms with Crippen LogP contribution in [-0.4, -0.2) is 31.0 Å². The summed E-state index contributed by atoms with van der Waals surface area (Å²) in [6.07, 6.45) is 0.794.